The molecule has 1 aromatic heterocycles. The lowest BCUT2D eigenvalue weighted by molar-refractivity contribution is 0.0696. The molecule has 0 aliphatic heterocycles. The number of carbonyl (C=O) groups excluding carboxylic acids is 1. The Kier molecular flexibility index (Phi) is 3.10. The number of carboxylic acids is 1. The molecule has 0 spiro atoms. The molecule has 7 heteroatoms. The zero-order valence-electron chi connectivity index (χ0n) is 8.45. The Hall–Kier alpha value is -2.28. The van der Waals surface area contributed by atoms with Gasteiger partial charge in [-0.25, -0.2) is 4.79 Å². The largest absolute Gasteiger partial charge is 0.478 e. The van der Waals surface area contributed by atoms with Crippen molar-refractivity contribution >= 4 is 29.3 Å². The van der Waals surface area contributed by atoms with E-state index in [4.69, 9.17) is 5.11 Å². The van der Waals surface area contributed by atoms with Gasteiger partial charge in [-0.2, -0.15) is 8.75 Å². The summed E-state index contributed by atoms with van der Waals surface area (Å²) in [6.07, 6.45) is 1.35. The third-order valence-corrected chi connectivity index (χ3v) is 2.44. The van der Waals surface area contributed by atoms with Crippen LogP contribution in [0.3, 0.4) is 0 Å². The molecule has 0 saturated carbocycles. The molecule has 0 atom stereocenters. The quantitative estimate of drug-likeness (QED) is 0.859. The van der Waals surface area contributed by atoms with Crippen LogP contribution in [-0.4, -0.2) is 25.7 Å². The summed E-state index contributed by atoms with van der Waals surface area (Å²) in [5.74, 6) is -1.46. The van der Waals surface area contributed by atoms with E-state index in [9.17, 15) is 9.59 Å². The standard InChI is InChI=1S/C10H7N3O3S/c14-9(8-5-11-17-13-8)12-7-3-1-2-6(4-7)10(15)16/h1-5H,(H,12,14)(H,15,16). The Balaban J connectivity index is 2.16. The predicted octanol–water partition coefficient (Wildman–Crippen LogP) is 1.49. The van der Waals surface area contributed by atoms with E-state index < -0.39 is 11.9 Å². The van der Waals surface area contributed by atoms with E-state index in [1.54, 1.807) is 12.1 Å². The molecular formula is C10H7N3O3S. The van der Waals surface area contributed by atoms with Gasteiger partial charge in [0.15, 0.2) is 5.69 Å². The molecule has 2 aromatic rings. The Morgan fingerprint density at radius 2 is 2.18 bits per heavy atom. The zero-order valence-corrected chi connectivity index (χ0v) is 9.27. The van der Waals surface area contributed by atoms with Crippen molar-refractivity contribution in [3.8, 4) is 0 Å². The minimum Gasteiger partial charge on any atom is -0.478 e. The predicted molar refractivity (Wildman–Crippen MR) is 61.3 cm³/mol. The molecule has 1 heterocycles. The van der Waals surface area contributed by atoms with Gasteiger partial charge in [0.2, 0.25) is 0 Å². The fourth-order valence-corrected chi connectivity index (χ4v) is 1.60. The fraction of sp³-hybridized carbons (Fsp3) is 0. The van der Waals surface area contributed by atoms with Crippen molar-refractivity contribution in [1.82, 2.24) is 8.75 Å². The Bertz CT molecular complexity index is 554. The number of rotatable bonds is 3. The number of anilines is 1. The maximum atomic E-state index is 11.6. The lowest BCUT2D eigenvalue weighted by Crippen LogP contribution is -2.12. The van der Waals surface area contributed by atoms with Crippen LogP contribution in [0.1, 0.15) is 20.8 Å². The van der Waals surface area contributed by atoms with E-state index in [2.05, 4.69) is 14.1 Å². The van der Waals surface area contributed by atoms with E-state index in [0.717, 1.165) is 11.7 Å². The van der Waals surface area contributed by atoms with Gasteiger partial charge in [0.1, 0.15) is 0 Å². The maximum absolute atomic E-state index is 11.6. The average Bonchev–Trinajstić information content (AvgIpc) is 2.82. The van der Waals surface area contributed by atoms with E-state index in [1.807, 2.05) is 0 Å². The van der Waals surface area contributed by atoms with Crippen LogP contribution in [0.5, 0.6) is 0 Å². The van der Waals surface area contributed by atoms with Crippen LogP contribution in [0.4, 0.5) is 5.69 Å². The SMILES string of the molecule is O=C(O)c1cccc(NC(=O)c2cnsn2)c1. The number of carboxylic acid groups (broad SMARTS) is 1. The molecule has 0 saturated heterocycles. The highest BCUT2D eigenvalue weighted by Gasteiger charge is 2.10. The van der Waals surface area contributed by atoms with Crippen molar-refractivity contribution in [2.24, 2.45) is 0 Å². The molecule has 0 aliphatic rings. The summed E-state index contributed by atoms with van der Waals surface area (Å²) in [6, 6.07) is 5.98. The second-order valence-electron chi connectivity index (χ2n) is 3.13. The maximum Gasteiger partial charge on any atom is 0.335 e. The number of benzene rings is 1. The summed E-state index contributed by atoms with van der Waals surface area (Å²) < 4.78 is 7.48. The molecule has 0 fully saturated rings. The number of nitrogens with one attached hydrogen (secondary N) is 1. The van der Waals surface area contributed by atoms with Crippen LogP contribution < -0.4 is 5.32 Å². The minimum atomic E-state index is -1.04. The number of hydrogen-bond donors (Lipinski definition) is 2. The van der Waals surface area contributed by atoms with E-state index >= 15 is 0 Å². The molecule has 1 aromatic carbocycles. The molecule has 0 bridgehead atoms. The number of carbonyl (C=O) groups is 2. The monoisotopic (exact) mass is 249 g/mol. The molecule has 0 unspecified atom stereocenters. The summed E-state index contributed by atoms with van der Waals surface area (Å²) in [6.45, 7) is 0. The highest BCUT2D eigenvalue weighted by atomic mass is 32.1. The van der Waals surface area contributed by atoms with Gasteiger partial charge in [-0.15, -0.1) is 0 Å². The number of aromatic nitrogens is 2. The molecule has 86 valence electrons. The van der Waals surface area contributed by atoms with E-state index in [-0.39, 0.29) is 11.3 Å². The van der Waals surface area contributed by atoms with Crippen molar-refractivity contribution in [2.45, 2.75) is 0 Å². The van der Waals surface area contributed by atoms with Gasteiger partial charge < -0.3 is 10.4 Å². The highest BCUT2D eigenvalue weighted by molar-refractivity contribution is 6.99. The Labute approximate surface area is 100 Å². The summed E-state index contributed by atoms with van der Waals surface area (Å²) in [5.41, 5.74) is 0.720. The summed E-state index contributed by atoms with van der Waals surface area (Å²) >= 11 is 0.932. The summed E-state index contributed by atoms with van der Waals surface area (Å²) in [5, 5.41) is 11.3. The molecule has 17 heavy (non-hydrogen) atoms. The first kappa shape index (κ1) is 11.2. The molecule has 6 nitrogen and oxygen atoms in total. The lowest BCUT2D eigenvalue weighted by atomic mass is 10.2. The molecule has 2 rings (SSSR count). The smallest absolute Gasteiger partial charge is 0.335 e. The average molecular weight is 249 g/mol. The molecule has 0 radical (unpaired) electrons. The van der Waals surface area contributed by atoms with Gasteiger partial charge >= 0.3 is 5.97 Å². The first-order valence-corrected chi connectivity index (χ1v) is 5.32. The second kappa shape index (κ2) is 4.71. The number of amides is 1. The van der Waals surface area contributed by atoms with E-state index in [1.165, 1.54) is 18.3 Å². The summed E-state index contributed by atoms with van der Waals surface area (Å²) in [7, 11) is 0. The van der Waals surface area contributed by atoms with Crippen molar-refractivity contribution in [3.63, 3.8) is 0 Å². The third-order valence-electron chi connectivity index (χ3n) is 1.96. The van der Waals surface area contributed by atoms with Crippen LogP contribution in [0.25, 0.3) is 0 Å². The van der Waals surface area contributed by atoms with Crippen LogP contribution >= 0.6 is 11.7 Å². The molecule has 0 aliphatic carbocycles. The zero-order chi connectivity index (χ0) is 12.3. The van der Waals surface area contributed by atoms with Crippen LogP contribution in [0, 0.1) is 0 Å². The van der Waals surface area contributed by atoms with Crippen molar-refractivity contribution in [3.05, 3.63) is 41.7 Å². The normalized spacial score (nSPS) is 9.88. The van der Waals surface area contributed by atoms with Crippen LogP contribution in [-0.2, 0) is 0 Å². The first-order valence-electron chi connectivity index (χ1n) is 4.59. The molecule has 1 amide bonds. The second-order valence-corrected chi connectivity index (χ2v) is 3.69. The third kappa shape index (κ3) is 2.64. The Morgan fingerprint density at radius 3 is 2.82 bits per heavy atom. The van der Waals surface area contributed by atoms with E-state index in [0.29, 0.717) is 5.69 Å². The number of nitrogens with zero attached hydrogens (tertiary/aromatic N) is 2. The number of aromatic carboxylic acids is 1. The summed E-state index contributed by atoms with van der Waals surface area (Å²) in [4.78, 5) is 22.3. The van der Waals surface area contributed by atoms with Gasteiger partial charge in [0, 0.05) is 5.69 Å². The molecular weight excluding hydrogens is 242 g/mol. The highest BCUT2D eigenvalue weighted by Crippen LogP contribution is 2.11. The van der Waals surface area contributed by atoms with Crippen molar-refractivity contribution in [1.29, 1.82) is 0 Å². The van der Waals surface area contributed by atoms with Gasteiger partial charge in [0.25, 0.3) is 5.91 Å². The van der Waals surface area contributed by atoms with Crippen LogP contribution in [0.2, 0.25) is 0 Å². The minimum absolute atomic E-state index is 0.110. The number of hydrogen-bond acceptors (Lipinski definition) is 5. The fourth-order valence-electron chi connectivity index (χ4n) is 1.19. The van der Waals surface area contributed by atoms with Gasteiger partial charge in [-0.1, -0.05) is 6.07 Å². The lowest BCUT2D eigenvalue weighted by Gasteiger charge is -2.03. The van der Waals surface area contributed by atoms with Crippen molar-refractivity contribution in [2.75, 3.05) is 5.32 Å². The molecule has 2 N–H and O–H groups in total. The van der Waals surface area contributed by atoms with Gasteiger partial charge in [0.05, 0.1) is 23.5 Å². The van der Waals surface area contributed by atoms with Gasteiger partial charge in [-0.05, 0) is 18.2 Å². The topological polar surface area (TPSA) is 92.2 Å². The van der Waals surface area contributed by atoms with Crippen molar-refractivity contribution < 1.29 is 14.7 Å². The Morgan fingerprint density at radius 1 is 1.35 bits per heavy atom. The van der Waals surface area contributed by atoms with Crippen LogP contribution in [0.15, 0.2) is 30.5 Å². The van der Waals surface area contributed by atoms with Gasteiger partial charge in [-0.3, -0.25) is 4.79 Å². The first-order chi connectivity index (χ1) is 8.16.